The maximum Gasteiger partial charge on any atom is 0.317 e. The molecular weight excluding hydrogens is 346 g/mol. The van der Waals surface area contributed by atoms with Crippen LogP contribution in [-0.4, -0.2) is 54.5 Å². The van der Waals surface area contributed by atoms with Gasteiger partial charge in [0.1, 0.15) is 0 Å². The van der Waals surface area contributed by atoms with Crippen molar-refractivity contribution in [1.29, 1.82) is 0 Å². The Morgan fingerprint density at radius 1 is 1.25 bits per heavy atom. The first kappa shape index (κ1) is 17.7. The molecule has 0 aromatic carbocycles. The number of carbonyl (C=O) groups is 1. The maximum atomic E-state index is 12.3. The van der Waals surface area contributed by atoms with Gasteiger partial charge in [-0.25, -0.2) is 18.2 Å². The van der Waals surface area contributed by atoms with E-state index in [0.29, 0.717) is 6.54 Å². The lowest BCUT2D eigenvalue weighted by molar-refractivity contribution is 0.195. The summed E-state index contributed by atoms with van der Waals surface area (Å²) in [5.41, 5.74) is 1.25. The average Bonchev–Trinajstić information content (AvgIpc) is 2.95. The summed E-state index contributed by atoms with van der Waals surface area (Å²) in [5.74, 6) is 0. The smallest absolute Gasteiger partial charge is 0.317 e. The molecule has 1 N–H and O–H groups in total. The highest BCUT2D eigenvalue weighted by molar-refractivity contribution is 7.92. The quantitative estimate of drug-likeness (QED) is 0.878. The standard InChI is InChI=1S/C16H25N3O3S2/c1-11-9-19(10-12(2)24(11,21)22)16(20)17-8-7-15-18-13-5-3-4-6-14(13)23-15/h11-12H,3-10H2,1-2H3,(H,17,20). The fraction of sp³-hybridized carbons (Fsp3) is 0.750. The van der Waals surface area contributed by atoms with Crippen molar-refractivity contribution in [2.45, 2.75) is 56.5 Å². The largest absolute Gasteiger partial charge is 0.338 e. The summed E-state index contributed by atoms with van der Waals surface area (Å²) in [5, 5.41) is 2.99. The Bertz CT molecular complexity index is 673. The molecule has 0 bridgehead atoms. The van der Waals surface area contributed by atoms with Crippen LogP contribution in [-0.2, 0) is 29.1 Å². The molecule has 3 rings (SSSR count). The molecule has 1 aromatic rings. The fourth-order valence-corrected chi connectivity index (χ4v) is 6.09. The van der Waals surface area contributed by atoms with Gasteiger partial charge in [0.15, 0.2) is 9.84 Å². The Morgan fingerprint density at radius 3 is 2.58 bits per heavy atom. The van der Waals surface area contributed by atoms with E-state index < -0.39 is 20.3 Å². The van der Waals surface area contributed by atoms with Crippen LogP contribution in [0.25, 0.3) is 0 Å². The minimum absolute atomic E-state index is 0.176. The summed E-state index contributed by atoms with van der Waals surface area (Å²) in [6.07, 6.45) is 5.43. The number of hydrogen-bond donors (Lipinski definition) is 1. The monoisotopic (exact) mass is 371 g/mol. The van der Waals surface area contributed by atoms with Crippen LogP contribution >= 0.6 is 11.3 Å². The van der Waals surface area contributed by atoms with Gasteiger partial charge in [0, 0.05) is 30.9 Å². The Labute approximate surface area is 147 Å². The Kier molecular flexibility index (Phi) is 5.15. The van der Waals surface area contributed by atoms with Crippen LogP contribution in [0.5, 0.6) is 0 Å². The zero-order valence-electron chi connectivity index (χ0n) is 14.2. The van der Waals surface area contributed by atoms with Gasteiger partial charge in [-0.1, -0.05) is 0 Å². The molecule has 2 heterocycles. The van der Waals surface area contributed by atoms with E-state index in [4.69, 9.17) is 0 Å². The van der Waals surface area contributed by atoms with Gasteiger partial charge in [-0.05, 0) is 39.5 Å². The highest BCUT2D eigenvalue weighted by Crippen LogP contribution is 2.26. The Morgan fingerprint density at radius 2 is 1.92 bits per heavy atom. The SMILES string of the molecule is CC1CN(C(=O)NCCc2nc3c(s2)CCCC3)CC(C)S1(=O)=O. The summed E-state index contributed by atoms with van der Waals surface area (Å²) >= 11 is 1.77. The molecule has 0 saturated carbocycles. The molecule has 6 nitrogen and oxygen atoms in total. The lowest BCUT2D eigenvalue weighted by Gasteiger charge is -2.34. The van der Waals surface area contributed by atoms with E-state index in [9.17, 15) is 13.2 Å². The fourth-order valence-electron chi connectivity index (χ4n) is 3.37. The zero-order valence-corrected chi connectivity index (χ0v) is 15.9. The number of nitrogens with zero attached hydrogens (tertiary/aromatic N) is 2. The lowest BCUT2D eigenvalue weighted by atomic mass is 10.0. The van der Waals surface area contributed by atoms with Gasteiger partial charge in [0.25, 0.3) is 0 Å². The average molecular weight is 372 g/mol. The highest BCUT2D eigenvalue weighted by Gasteiger charge is 2.37. The normalized spacial score (nSPS) is 26.0. The van der Waals surface area contributed by atoms with E-state index in [1.54, 1.807) is 30.1 Å². The number of amides is 2. The minimum Gasteiger partial charge on any atom is -0.338 e. The number of hydrogen-bond acceptors (Lipinski definition) is 5. The topological polar surface area (TPSA) is 79.4 Å². The predicted octanol–water partition coefficient (Wildman–Crippen LogP) is 1.78. The second-order valence-electron chi connectivity index (χ2n) is 6.78. The first-order valence-corrected chi connectivity index (χ1v) is 11.0. The first-order chi connectivity index (χ1) is 11.4. The highest BCUT2D eigenvalue weighted by atomic mass is 32.2. The number of nitrogens with one attached hydrogen (secondary N) is 1. The number of rotatable bonds is 3. The number of sulfone groups is 1. The van der Waals surface area contributed by atoms with E-state index in [-0.39, 0.29) is 19.1 Å². The predicted molar refractivity (Wildman–Crippen MR) is 95.3 cm³/mol. The summed E-state index contributed by atoms with van der Waals surface area (Å²) < 4.78 is 24.0. The molecular formula is C16H25N3O3S2. The molecule has 1 aromatic heterocycles. The van der Waals surface area contributed by atoms with Crippen molar-refractivity contribution < 1.29 is 13.2 Å². The summed E-state index contributed by atoms with van der Waals surface area (Å²) in [6, 6.07) is -0.176. The van der Waals surface area contributed by atoms with Crippen molar-refractivity contribution >= 4 is 27.2 Å². The lowest BCUT2D eigenvalue weighted by Crippen LogP contribution is -2.54. The molecule has 8 heteroatoms. The number of fused-ring (bicyclic) bond motifs is 1. The van der Waals surface area contributed by atoms with Gasteiger partial charge < -0.3 is 10.2 Å². The van der Waals surface area contributed by atoms with Gasteiger partial charge in [-0.15, -0.1) is 11.3 Å². The number of aromatic nitrogens is 1. The summed E-state index contributed by atoms with van der Waals surface area (Å²) in [6.45, 7) is 4.42. The van der Waals surface area contributed by atoms with Crippen LogP contribution in [0.15, 0.2) is 0 Å². The molecule has 2 aliphatic rings. The molecule has 2 atom stereocenters. The second-order valence-corrected chi connectivity index (χ2v) is 10.7. The molecule has 1 fully saturated rings. The van der Waals surface area contributed by atoms with Gasteiger partial charge in [0.2, 0.25) is 0 Å². The first-order valence-electron chi connectivity index (χ1n) is 8.61. The van der Waals surface area contributed by atoms with E-state index in [1.807, 2.05) is 0 Å². The number of thiazole rings is 1. The molecule has 0 spiro atoms. The van der Waals surface area contributed by atoms with Crippen molar-refractivity contribution in [1.82, 2.24) is 15.2 Å². The van der Waals surface area contributed by atoms with Crippen LogP contribution in [0.3, 0.4) is 0 Å². The third-order valence-corrected chi connectivity index (χ3v) is 8.63. The molecule has 134 valence electrons. The van der Waals surface area contributed by atoms with E-state index in [0.717, 1.165) is 24.3 Å². The van der Waals surface area contributed by atoms with Crippen molar-refractivity contribution in [3.05, 3.63) is 15.6 Å². The van der Waals surface area contributed by atoms with Crippen LogP contribution in [0.2, 0.25) is 0 Å². The van der Waals surface area contributed by atoms with E-state index in [1.165, 1.54) is 23.4 Å². The van der Waals surface area contributed by atoms with Crippen LogP contribution < -0.4 is 5.32 Å². The van der Waals surface area contributed by atoms with E-state index >= 15 is 0 Å². The van der Waals surface area contributed by atoms with Crippen molar-refractivity contribution in [3.63, 3.8) is 0 Å². The second kappa shape index (κ2) is 7.00. The Hall–Kier alpha value is -1.15. The summed E-state index contributed by atoms with van der Waals surface area (Å²) in [7, 11) is -3.10. The Balaban J connectivity index is 1.50. The maximum absolute atomic E-state index is 12.3. The van der Waals surface area contributed by atoms with Crippen LogP contribution in [0.4, 0.5) is 4.79 Å². The summed E-state index contributed by atoms with van der Waals surface area (Å²) in [4.78, 5) is 20.0. The molecule has 24 heavy (non-hydrogen) atoms. The van der Waals surface area contributed by atoms with Crippen LogP contribution in [0, 0.1) is 0 Å². The third-order valence-electron chi connectivity index (χ3n) is 4.87. The van der Waals surface area contributed by atoms with E-state index in [2.05, 4.69) is 10.3 Å². The van der Waals surface area contributed by atoms with Gasteiger partial charge >= 0.3 is 6.03 Å². The molecule has 1 aliphatic heterocycles. The third kappa shape index (κ3) is 3.59. The van der Waals surface area contributed by atoms with Gasteiger partial charge in [-0.2, -0.15) is 0 Å². The van der Waals surface area contributed by atoms with Crippen LogP contribution in [0.1, 0.15) is 42.3 Å². The number of aryl methyl sites for hydroxylation is 2. The van der Waals surface area contributed by atoms with Crippen molar-refractivity contribution in [2.75, 3.05) is 19.6 Å². The zero-order chi connectivity index (χ0) is 17.3. The number of urea groups is 1. The molecule has 0 radical (unpaired) electrons. The number of carbonyl (C=O) groups excluding carboxylic acids is 1. The molecule has 1 saturated heterocycles. The minimum atomic E-state index is -3.10. The van der Waals surface area contributed by atoms with Gasteiger partial charge in [-0.3, -0.25) is 0 Å². The molecule has 1 aliphatic carbocycles. The molecule has 2 unspecified atom stereocenters. The van der Waals surface area contributed by atoms with Crippen molar-refractivity contribution in [3.8, 4) is 0 Å². The molecule has 2 amide bonds. The van der Waals surface area contributed by atoms with Crippen molar-refractivity contribution in [2.24, 2.45) is 0 Å². The van der Waals surface area contributed by atoms with Gasteiger partial charge in [0.05, 0.1) is 21.2 Å².